The van der Waals surface area contributed by atoms with Crippen molar-refractivity contribution in [3.63, 3.8) is 0 Å². The van der Waals surface area contributed by atoms with Crippen LogP contribution in [0.4, 0.5) is 17.1 Å². The van der Waals surface area contributed by atoms with E-state index in [1.165, 1.54) is 5.56 Å². The van der Waals surface area contributed by atoms with Gasteiger partial charge in [0.1, 0.15) is 0 Å². The van der Waals surface area contributed by atoms with E-state index in [0.29, 0.717) is 11.8 Å². The zero-order valence-electron chi connectivity index (χ0n) is 12.5. The minimum atomic E-state index is -0.365. The molecule has 2 aliphatic rings. The Labute approximate surface area is 134 Å². The Bertz CT molecular complexity index is 798. The van der Waals surface area contributed by atoms with Crippen LogP contribution in [0.1, 0.15) is 29.5 Å². The number of nitrogens with zero attached hydrogens (tertiary/aromatic N) is 1. The van der Waals surface area contributed by atoms with Gasteiger partial charge in [0.25, 0.3) is 5.69 Å². The van der Waals surface area contributed by atoms with Gasteiger partial charge in [0.05, 0.1) is 11.0 Å². The summed E-state index contributed by atoms with van der Waals surface area (Å²) >= 11 is 0. The molecule has 0 amide bonds. The summed E-state index contributed by atoms with van der Waals surface area (Å²) in [5.41, 5.74) is 10.3. The number of anilines is 2. The van der Waals surface area contributed by atoms with E-state index in [2.05, 4.69) is 17.5 Å². The van der Waals surface area contributed by atoms with E-state index >= 15 is 0 Å². The van der Waals surface area contributed by atoms with Gasteiger partial charge in [0.2, 0.25) is 0 Å². The lowest BCUT2D eigenvalue weighted by molar-refractivity contribution is -0.384. The number of nitrogen functional groups attached to an aromatic ring is 1. The van der Waals surface area contributed by atoms with E-state index in [-0.39, 0.29) is 16.7 Å². The maximum atomic E-state index is 10.8. The molecular weight excluding hydrogens is 290 g/mol. The second-order valence-corrected chi connectivity index (χ2v) is 6.17. The summed E-state index contributed by atoms with van der Waals surface area (Å²) in [6.07, 6.45) is 5.46. The first-order chi connectivity index (χ1) is 11.1. The zero-order chi connectivity index (χ0) is 16.0. The van der Waals surface area contributed by atoms with Gasteiger partial charge in [-0.05, 0) is 41.7 Å². The molecule has 5 heteroatoms. The molecule has 0 radical (unpaired) electrons. The van der Waals surface area contributed by atoms with Crippen molar-refractivity contribution in [2.45, 2.75) is 18.4 Å². The normalized spacial score (nSPS) is 24.6. The molecule has 0 spiro atoms. The van der Waals surface area contributed by atoms with Crippen molar-refractivity contribution < 1.29 is 4.92 Å². The second-order valence-electron chi connectivity index (χ2n) is 6.17. The largest absolute Gasteiger partial charge is 0.399 e. The van der Waals surface area contributed by atoms with Gasteiger partial charge >= 0.3 is 0 Å². The molecule has 0 saturated heterocycles. The van der Waals surface area contributed by atoms with Crippen molar-refractivity contribution in [1.29, 1.82) is 0 Å². The fraction of sp³-hybridized carbons (Fsp3) is 0.222. The Morgan fingerprint density at radius 1 is 1.17 bits per heavy atom. The van der Waals surface area contributed by atoms with Gasteiger partial charge < -0.3 is 11.1 Å². The number of rotatable bonds is 2. The molecule has 3 atom stereocenters. The number of benzene rings is 2. The van der Waals surface area contributed by atoms with Crippen LogP contribution in [0.3, 0.4) is 0 Å². The molecule has 0 fully saturated rings. The molecule has 2 aromatic carbocycles. The molecule has 4 rings (SSSR count). The van der Waals surface area contributed by atoms with E-state index in [1.807, 2.05) is 30.3 Å². The van der Waals surface area contributed by atoms with Gasteiger partial charge in [-0.1, -0.05) is 24.3 Å². The Morgan fingerprint density at radius 2 is 1.96 bits per heavy atom. The summed E-state index contributed by atoms with van der Waals surface area (Å²) in [5, 5.41) is 14.4. The highest BCUT2D eigenvalue weighted by atomic mass is 16.6. The molecule has 0 unspecified atom stereocenters. The number of nitro groups is 1. The maximum absolute atomic E-state index is 10.8. The summed E-state index contributed by atoms with van der Waals surface area (Å²) in [5.74, 6) is 0.751. The van der Waals surface area contributed by atoms with Crippen LogP contribution in [0.2, 0.25) is 0 Å². The first kappa shape index (κ1) is 13.8. The quantitative estimate of drug-likeness (QED) is 0.380. The van der Waals surface area contributed by atoms with Gasteiger partial charge in [-0.3, -0.25) is 10.1 Å². The summed E-state index contributed by atoms with van der Waals surface area (Å²) in [6.45, 7) is 0. The van der Waals surface area contributed by atoms with Crippen LogP contribution in [-0.2, 0) is 0 Å². The van der Waals surface area contributed by atoms with Crippen molar-refractivity contribution in [3.8, 4) is 0 Å². The number of non-ortho nitro benzene ring substituents is 1. The van der Waals surface area contributed by atoms with E-state index in [9.17, 15) is 10.1 Å². The molecule has 1 aliphatic carbocycles. The monoisotopic (exact) mass is 307 g/mol. The first-order valence-electron chi connectivity index (χ1n) is 7.70. The zero-order valence-corrected chi connectivity index (χ0v) is 12.5. The number of hydrogen-bond donors (Lipinski definition) is 2. The molecule has 5 nitrogen and oxygen atoms in total. The average Bonchev–Trinajstić information content (AvgIpc) is 3.04. The maximum Gasteiger partial charge on any atom is 0.269 e. The molecule has 0 saturated carbocycles. The standard InChI is InChI=1S/C18H17N3O2/c19-12-6-9-17-16(10-12)14-2-1-3-15(14)18(20-17)11-4-7-13(8-5-11)21(22)23/h1-2,4-10,14-15,18,20H,3,19H2/t14-,15-,18-/m1/s1. The Kier molecular flexibility index (Phi) is 3.08. The topological polar surface area (TPSA) is 81.2 Å². The van der Waals surface area contributed by atoms with Crippen molar-refractivity contribution in [1.82, 2.24) is 0 Å². The highest BCUT2D eigenvalue weighted by Crippen LogP contribution is 2.50. The number of allylic oxidation sites excluding steroid dienone is 2. The minimum absolute atomic E-state index is 0.124. The summed E-state index contributed by atoms with van der Waals surface area (Å²) in [4.78, 5) is 10.5. The van der Waals surface area contributed by atoms with Crippen LogP contribution >= 0.6 is 0 Å². The molecule has 1 aliphatic heterocycles. The van der Waals surface area contributed by atoms with Gasteiger partial charge in [-0.2, -0.15) is 0 Å². The van der Waals surface area contributed by atoms with Crippen molar-refractivity contribution in [2.24, 2.45) is 5.92 Å². The molecule has 0 bridgehead atoms. The molecule has 116 valence electrons. The van der Waals surface area contributed by atoms with E-state index in [1.54, 1.807) is 12.1 Å². The summed E-state index contributed by atoms with van der Waals surface area (Å²) in [7, 11) is 0. The van der Waals surface area contributed by atoms with Gasteiger partial charge in [0.15, 0.2) is 0 Å². The van der Waals surface area contributed by atoms with Crippen LogP contribution in [0, 0.1) is 16.0 Å². The number of nitrogens with one attached hydrogen (secondary N) is 1. The van der Waals surface area contributed by atoms with Crippen LogP contribution in [-0.4, -0.2) is 4.92 Å². The highest BCUT2D eigenvalue weighted by molar-refractivity contribution is 5.64. The van der Waals surface area contributed by atoms with Crippen molar-refractivity contribution in [3.05, 3.63) is 75.9 Å². The van der Waals surface area contributed by atoms with Gasteiger partial charge in [0, 0.05) is 29.4 Å². The van der Waals surface area contributed by atoms with Crippen LogP contribution < -0.4 is 11.1 Å². The summed E-state index contributed by atoms with van der Waals surface area (Å²) < 4.78 is 0. The molecular formula is C18H17N3O2. The van der Waals surface area contributed by atoms with Crippen LogP contribution in [0.5, 0.6) is 0 Å². The van der Waals surface area contributed by atoms with Crippen molar-refractivity contribution in [2.75, 3.05) is 11.1 Å². The van der Waals surface area contributed by atoms with Crippen LogP contribution in [0.15, 0.2) is 54.6 Å². The number of nitrogens with two attached hydrogens (primary N) is 1. The Hall–Kier alpha value is -2.82. The Morgan fingerprint density at radius 3 is 2.70 bits per heavy atom. The second kappa shape index (κ2) is 5.12. The highest BCUT2D eigenvalue weighted by Gasteiger charge is 2.37. The molecule has 3 N–H and O–H groups in total. The summed E-state index contributed by atoms with van der Waals surface area (Å²) in [6, 6.07) is 13.0. The molecule has 2 aromatic rings. The lowest BCUT2D eigenvalue weighted by Gasteiger charge is -2.37. The predicted octanol–water partition coefficient (Wildman–Crippen LogP) is 4.00. The average molecular weight is 307 g/mol. The van der Waals surface area contributed by atoms with Crippen LogP contribution in [0.25, 0.3) is 0 Å². The van der Waals surface area contributed by atoms with Crippen molar-refractivity contribution >= 4 is 17.1 Å². The molecule has 0 aromatic heterocycles. The first-order valence-corrected chi connectivity index (χ1v) is 7.70. The fourth-order valence-corrected chi connectivity index (χ4v) is 3.75. The van der Waals surface area contributed by atoms with Gasteiger partial charge in [-0.25, -0.2) is 0 Å². The number of fused-ring (bicyclic) bond motifs is 3. The predicted molar refractivity (Wildman–Crippen MR) is 90.3 cm³/mol. The molecule has 23 heavy (non-hydrogen) atoms. The lowest BCUT2D eigenvalue weighted by Crippen LogP contribution is -2.29. The van der Waals surface area contributed by atoms with Gasteiger partial charge in [-0.15, -0.1) is 0 Å². The SMILES string of the molecule is Nc1ccc2c(c1)[C@@H]1C=CC[C@H]1[C@@H](c1ccc([N+](=O)[O-])cc1)N2. The third-order valence-corrected chi connectivity index (χ3v) is 4.85. The van der Waals surface area contributed by atoms with E-state index in [4.69, 9.17) is 5.73 Å². The smallest absolute Gasteiger partial charge is 0.269 e. The minimum Gasteiger partial charge on any atom is -0.399 e. The molecule has 1 heterocycles. The number of hydrogen-bond acceptors (Lipinski definition) is 4. The lowest BCUT2D eigenvalue weighted by atomic mass is 9.77. The third-order valence-electron chi connectivity index (χ3n) is 4.85. The number of nitro benzene ring substituents is 1. The Balaban J connectivity index is 1.73. The van der Waals surface area contributed by atoms with E-state index in [0.717, 1.165) is 23.4 Å². The third kappa shape index (κ3) is 2.25. The van der Waals surface area contributed by atoms with E-state index < -0.39 is 0 Å². The fourth-order valence-electron chi connectivity index (χ4n) is 3.75.